The van der Waals surface area contributed by atoms with E-state index in [2.05, 4.69) is 4.98 Å². The second-order valence-electron chi connectivity index (χ2n) is 4.84. The molecule has 1 aliphatic rings. The molecule has 2 heterocycles. The molecule has 2 rings (SSSR count). The fraction of sp³-hybridized carbons (Fsp3) is 0.538. The van der Waals surface area contributed by atoms with Crippen molar-refractivity contribution >= 4 is 23.3 Å². The summed E-state index contributed by atoms with van der Waals surface area (Å²) < 4.78 is 5.31. The molecule has 6 heteroatoms. The van der Waals surface area contributed by atoms with E-state index in [1.54, 1.807) is 24.1 Å². The highest BCUT2D eigenvalue weighted by Gasteiger charge is 2.20. The van der Waals surface area contributed by atoms with E-state index in [-0.39, 0.29) is 16.9 Å². The van der Waals surface area contributed by atoms with Crippen LogP contribution in [0.1, 0.15) is 23.2 Å². The molecule has 19 heavy (non-hydrogen) atoms. The van der Waals surface area contributed by atoms with Crippen LogP contribution in [-0.2, 0) is 4.74 Å². The number of halogens is 1. The normalized spacial score (nSPS) is 16.3. The van der Waals surface area contributed by atoms with Crippen molar-refractivity contribution in [2.75, 3.05) is 32.5 Å². The van der Waals surface area contributed by atoms with E-state index in [1.807, 2.05) is 0 Å². The van der Waals surface area contributed by atoms with Gasteiger partial charge in [-0.15, -0.1) is 0 Å². The van der Waals surface area contributed by atoms with E-state index < -0.39 is 0 Å². The lowest BCUT2D eigenvalue weighted by atomic mass is 9.99. The summed E-state index contributed by atoms with van der Waals surface area (Å²) in [7, 11) is 1.79. The number of aromatic nitrogens is 1. The van der Waals surface area contributed by atoms with Crippen LogP contribution in [0.4, 0.5) is 5.82 Å². The van der Waals surface area contributed by atoms with Gasteiger partial charge >= 0.3 is 0 Å². The lowest BCUT2D eigenvalue weighted by molar-refractivity contribution is 0.0497. The highest BCUT2D eigenvalue weighted by molar-refractivity contribution is 6.29. The van der Waals surface area contributed by atoms with Crippen molar-refractivity contribution in [3.8, 4) is 0 Å². The Hall–Kier alpha value is -1.33. The standard InChI is InChI=1S/C13H18ClN3O2/c1-17(8-9-2-4-19-5-3-9)13(18)10-6-11(14)16-12(15)7-10/h6-7,9H,2-5,8H2,1H3,(H2,15,16). The first kappa shape index (κ1) is 14.1. The molecule has 0 spiro atoms. The lowest BCUT2D eigenvalue weighted by Gasteiger charge is -2.27. The first-order valence-electron chi connectivity index (χ1n) is 6.32. The Morgan fingerprint density at radius 3 is 2.84 bits per heavy atom. The smallest absolute Gasteiger partial charge is 0.253 e. The molecular weight excluding hydrogens is 266 g/mol. The maximum absolute atomic E-state index is 12.3. The zero-order valence-corrected chi connectivity index (χ0v) is 11.7. The monoisotopic (exact) mass is 283 g/mol. The van der Waals surface area contributed by atoms with E-state index in [4.69, 9.17) is 22.1 Å². The number of hydrogen-bond acceptors (Lipinski definition) is 4. The molecule has 104 valence electrons. The summed E-state index contributed by atoms with van der Waals surface area (Å²) in [6, 6.07) is 3.09. The Morgan fingerprint density at radius 1 is 1.53 bits per heavy atom. The number of amides is 1. The molecule has 0 aromatic carbocycles. The maximum atomic E-state index is 12.3. The molecule has 1 amide bonds. The van der Waals surface area contributed by atoms with Gasteiger partial charge in [-0.2, -0.15) is 0 Å². The molecule has 0 saturated carbocycles. The minimum atomic E-state index is -0.0810. The summed E-state index contributed by atoms with van der Waals surface area (Å²) in [6.45, 7) is 2.28. The summed E-state index contributed by atoms with van der Waals surface area (Å²) in [5.74, 6) is 0.676. The first-order valence-corrected chi connectivity index (χ1v) is 6.70. The van der Waals surface area contributed by atoms with Gasteiger partial charge in [0, 0.05) is 32.4 Å². The molecular formula is C13H18ClN3O2. The van der Waals surface area contributed by atoms with Crippen molar-refractivity contribution in [3.05, 3.63) is 22.8 Å². The van der Waals surface area contributed by atoms with E-state index >= 15 is 0 Å². The predicted molar refractivity (Wildman–Crippen MR) is 74.2 cm³/mol. The molecule has 0 bridgehead atoms. The predicted octanol–water partition coefficient (Wildman–Crippen LogP) is 1.82. The minimum absolute atomic E-state index is 0.0810. The van der Waals surface area contributed by atoms with Gasteiger partial charge in [0.05, 0.1) is 0 Å². The largest absolute Gasteiger partial charge is 0.384 e. The van der Waals surface area contributed by atoms with Crippen molar-refractivity contribution in [3.63, 3.8) is 0 Å². The fourth-order valence-electron chi connectivity index (χ4n) is 2.26. The molecule has 0 radical (unpaired) electrons. The number of rotatable bonds is 3. The zero-order chi connectivity index (χ0) is 13.8. The van der Waals surface area contributed by atoms with E-state index in [1.165, 1.54) is 0 Å². The number of carbonyl (C=O) groups is 1. The highest BCUT2D eigenvalue weighted by atomic mass is 35.5. The van der Waals surface area contributed by atoms with Gasteiger partial charge in [-0.25, -0.2) is 4.98 Å². The van der Waals surface area contributed by atoms with Crippen LogP contribution in [0.25, 0.3) is 0 Å². The van der Waals surface area contributed by atoms with Crippen molar-refractivity contribution in [2.45, 2.75) is 12.8 Å². The Balaban J connectivity index is 2.01. The molecule has 5 nitrogen and oxygen atoms in total. The molecule has 1 aromatic heterocycles. The van der Waals surface area contributed by atoms with E-state index in [0.29, 0.717) is 11.5 Å². The summed E-state index contributed by atoms with van der Waals surface area (Å²) in [5, 5.41) is 0.239. The van der Waals surface area contributed by atoms with Crippen molar-refractivity contribution in [1.82, 2.24) is 9.88 Å². The number of nitrogens with zero attached hydrogens (tertiary/aromatic N) is 2. The maximum Gasteiger partial charge on any atom is 0.253 e. The Bertz CT molecular complexity index is 441. The SMILES string of the molecule is CN(CC1CCOCC1)C(=O)c1cc(N)nc(Cl)c1. The summed E-state index contributed by atoms with van der Waals surface area (Å²) in [6.07, 6.45) is 1.99. The van der Waals surface area contributed by atoms with Gasteiger partial charge in [0.15, 0.2) is 0 Å². The number of anilines is 1. The Labute approximate surface area is 117 Å². The molecule has 2 N–H and O–H groups in total. The number of nitrogens with two attached hydrogens (primary N) is 1. The van der Waals surface area contributed by atoms with Crippen molar-refractivity contribution in [1.29, 1.82) is 0 Å². The number of nitrogen functional groups attached to an aromatic ring is 1. The van der Waals surface area contributed by atoms with Crippen LogP contribution >= 0.6 is 11.6 Å². The van der Waals surface area contributed by atoms with Gasteiger partial charge in [-0.3, -0.25) is 4.79 Å². The van der Waals surface area contributed by atoms with Crippen LogP contribution in [0, 0.1) is 5.92 Å². The minimum Gasteiger partial charge on any atom is -0.384 e. The number of pyridine rings is 1. The molecule has 1 fully saturated rings. The topological polar surface area (TPSA) is 68.5 Å². The average molecular weight is 284 g/mol. The molecule has 1 saturated heterocycles. The average Bonchev–Trinajstić information content (AvgIpc) is 2.37. The highest BCUT2D eigenvalue weighted by Crippen LogP contribution is 2.18. The van der Waals surface area contributed by atoms with Gasteiger partial charge in [0.2, 0.25) is 0 Å². The zero-order valence-electron chi connectivity index (χ0n) is 10.9. The lowest BCUT2D eigenvalue weighted by Crippen LogP contribution is -2.34. The molecule has 0 atom stereocenters. The molecule has 1 aliphatic heterocycles. The molecule has 0 unspecified atom stereocenters. The Morgan fingerprint density at radius 2 is 2.21 bits per heavy atom. The summed E-state index contributed by atoms with van der Waals surface area (Å²) in [4.78, 5) is 17.8. The van der Waals surface area contributed by atoms with Gasteiger partial charge in [-0.05, 0) is 30.9 Å². The van der Waals surface area contributed by atoms with Gasteiger partial charge in [0.1, 0.15) is 11.0 Å². The second kappa shape index (κ2) is 6.21. The fourth-order valence-corrected chi connectivity index (χ4v) is 2.48. The third-order valence-electron chi connectivity index (χ3n) is 3.28. The van der Waals surface area contributed by atoms with Crippen LogP contribution < -0.4 is 5.73 Å². The summed E-state index contributed by atoms with van der Waals surface area (Å²) in [5.41, 5.74) is 6.08. The van der Waals surface area contributed by atoms with Crippen molar-refractivity contribution in [2.24, 2.45) is 5.92 Å². The number of hydrogen-bond donors (Lipinski definition) is 1. The van der Waals surface area contributed by atoms with Crippen LogP contribution in [-0.4, -0.2) is 42.6 Å². The van der Waals surface area contributed by atoms with Gasteiger partial charge in [0.25, 0.3) is 5.91 Å². The molecule has 0 aliphatic carbocycles. The van der Waals surface area contributed by atoms with Crippen LogP contribution in [0.2, 0.25) is 5.15 Å². The summed E-state index contributed by atoms with van der Waals surface area (Å²) >= 11 is 5.81. The van der Waals surface area contributed by atoms with Gasteiger partial charge < -0.3 is 15.4 Å². The van der Waals surface area contributed by atoms with Crippen LogP contribution in [0.3, 0.4) is 0 Å². The molecule has 1 aromatic rings. The third kappa shape index (κ3) is 3.81. The van der Waals surface area contributed by atoms with Crippen molar-refractivity contribution < 1.29 is 9.53 Å². The number of ether oxygens (including phenoxy) is 1. The van der Waals surface area contributed by atoms with E-state index in [0.717, 1.165) is 32.6 Å². The quantitative estimate of drug-likeness (QED) is 0.859. The van der Waals surface area contributed by atoms with Crippen LogP contribution in [0.5, 0.6) is 0 Å². The Kier molecular flexibility index (Phi) is 4.61. The first-order chi connectivity index (χ1) is 9.06. The van der Waals surface area contributed by atoms with E-state index in [9.17, 15) is 4.79 Å². The van der Waals surface area contributed by atoms with Gasteiger partial charge in [-0.1, -0.05) is 11.6 Å². The second-order valence-corrected chi connectivity index (χ2v) is 5.23. The number of carbonyl (C=O) groups excluding carboxylic acids is 1. The third-order valence-corrected chi connectivity index (χ3v) is 3.47. The van der Waals surface area contributed by atoms with Crippen LogP contribution in [0.15, 0.2) is 12.1 Å².